The number of carbonyl (C=O) groups is 1. The third-order valence-corrected chi connectivity index (χ3v) is 8.96. The molecule has 1 aliphatic rings. The highest BCUT2D eigenvalue weighted by Gasteiger charge is 2.36. The van der Waals surface area contributed by atoms with E-state index in [1.54, 1.807) is 4.90 Å². The normalized spacial score (nSPS) is 18.2. The van der Waals surface area contributed by atoms with Gasteiger partial charge < -0.3 is 20.1 Å². The molecule has 43 heavy (non-hydrogen) atoms. The van der Waals surface area contributed by atoms with Crippen molar-refractivity contribution in [1.82, 2.24) is 15.3 Å². The Morgan fingerprint density at radius 3 is 2.26 bits per heavy atom. The number of hydrogen-bond donors (Lipinski definition) is 2. The van der Waals surface area contributed by atoms with E-state index in [1.165, 1.54) is 55.7 Å². The second-order valence-corrected chi connectivity index (χ2v) is 12.2. The highest BCUT2D eigenvalue weighted by atomic mass is 32.2. The van der Waals surface area contributed by atoms with E-state index >= 15 is 0 Å². The zero-order valence-electron chi connectivity index (χ0n) is 22.8. The van der Waals surface area contributed by atoms with Crippen LogP contribution in [-0.2, 0) is 20.8 Å². The number of sulfone groups is 1. The van der Waals surface area contributed by atoms with Gasteiger partial charge in [-0.3, -0.25) is 4.79 Å². The fraction of sp³-hybridized carbons (Fsp3) is 0.393. The Hall–Kier alpha value is -3.69. The van der Waals surface area contributed by atoms with Gasteiger partial charge in [0.2, 0.25) is 5.95 Å². The minimum Gasteiger partial charge on any atom is -0.394 e. The Morgan fingerprint density at radius 2 is 1.72 bits per heavy atom. The molecule has 1 saturated heterocycles. The van der Waals surface area contributed by atoms with Crippen molar-refractivity contribution in [3.63, 3.8) is 0 Å². The van der Waals surface area contributed by atoms with Crippen molar-refractivity contribution in [2.24, 2.45) is 0 Å². The van der Waals surface area contributed by atoms with E-state index in [0.29, 0.717) is 17.5 Å². The standard InChI is InChI=1S/C28H29F5N4O5S/c1-2-43(40,41)23-9-5-18(6-10-23)24(15-38)36-25(39)20-12-34-27(35-13-20)37-14-19(11-22(37)16-42-26(29)30)17-3-7-21(8-4-17)28(31,32)33/h3-10,12-13,19,22,24,26,38H,2,11,14-16H2,1H3,(H,36,39)/t19?,22-,24+/m1/s1. The lowest BCUT2D eigenvalue weighted by atomic mass is 9.95. The molecule has 1 fully saturated rings. The molecular weight excluding hydrogens is 599 g/mol. The van der Waals surface area contributed by atoms with Gasteiger partial charge in [-0.05, 0) is 41.8 Å². The topological polar surface area (TPSA) is 122 Å². The molecule has 232 valence electrons. The van der Waals surface area contributed by atoms with E-state index in [0.717, 1.165) is 12.1 Å². The number of aliphatic hydroxyl groups excluding tert-OH is 1. The van der Waals surface area contributed by atoms with Crippen molar-refractivity contribution < 1.29 is 45.0 Å². The first kappa shape index (κ1) is 32.2. The molecular formula is C28H29F5N4O5S. The Labute approximate surface area is 244 Å². The Bertz CT molecular complexity index is 1490. The van der Waals surface area contributed by atoms with Gasteiger partial charge in [-0.2, -0.15) is 22.0 Å². The van der Waals surface area contributed by atoms with E-state index < -0.39 is 52.8 Å². The second-order valence-electron chi connectivity index (χ2n) is 9.91. The molecule has 3 atom stereocenters. The van der Waals surface area contributed by atoms with Crippen LogP contribution in [0.25, 0.3) is 0 Å². The fourth-order valence-electron chi connectivity index (χ4n) is 4.83. The number of amides is 1. The summed E-state index contributed by atoms with van der Waals surface area (Å²) in [5.74, 6) is -0.905. The van der Waals surface area contributed by atoms with Crippen molar-refractivity contribution in [2.75, 3.05) is 30.4 Å². The summed E-state index contributed by atoms with van der Waals surface area (Å²) in [4.78, 5) is 23.0. The molecule has 4 rings (SSSR count). The van der Waals surface area contributed by atoms with Crippen molar-refractivity contribution in [2.45, 2.75) is 49.0 Å². The van der Waals surface area contributed by atoms with Crippen LogP contribution in [0, 0.1) is 0 Å². The zero-order valence-corrected chi connectivity index (χ0v) is 23.7. The molecule has 1 aliphatic heterocycles. The van der Waals surface area contributed by atoms with Gasteiger partial charge in [0.05, 0.1) is 47.1 Å². The van der Waals surface area contributed by atoms with E-state index in [-0.39, 0.29) is 41.2 Å². The molecule has 2 heterocycles. The van der Waals surface area contributed by atoms with Crippen LogP contribution < -0.4 is 10.2 Å². The van der Waals surface area contributed by atoms with Crippen molar-refractivity contribution >= 4 is 21.7 Å². The Morgan fingerprint density at radius 1 is 1.09 bits per heavy atom. The van der Waals surface area contributed by atoms with Gasteiger partial charge in [0, 0.05) is 24.9 Å². The number of alkyl halides is 5. The number of halogens is 5. The van der Waals surface area contributed by atoms with Gasteiger partial charge >= 0.3 is 12.8 Å². The molecule has 2 aromatic carbocycles. The third kappa shape index (κ3) is 7.83. The summed E-state index contributed by atoms with van der Waals surface area (Å²) >= 11 is 0. The number of carbonyl (C=O) groups excluding carboxylic acids is 1. The van der Waals surface area contributed by atoms with Gasteiger partial charge in [-0.15, -0.1) is 0 Å². The average molecular weight is 629 g/mol. The smallest absolute Gasteiger partial charge is 0.394 e. The number of rotatable bonds is 11. The van der Waals surface area contributed by atoms with Crippen LogP contribution in [0.15, 0.2) is 65.8 Å². The molecule has 0 aliphatic carbocycles. The predicted octanol–water partition coefficient (Wildman–Crippen LogP) is 4.35. The van der Waals surface area contributed by atoms with E-state index in [1.807, 2.05) is 0 Å². The van der Waals surface area contributed by atoms with Crippen LogP contribution in [0.4, 0.5) is 27.9 Å². The van der Waals surface area contributed by atoms with E-state index in [4.69, 9.17) is 0 Å². The predicted molar refractivity (Wildman–Crippen MR) is 145 cm³/mol. The van der Waals surface area contributed by atoms with Crippen LogP contribution in [-0.4, -0.2) is 67.6 Å². The maximum atomic E-state index is 13.0. The molecule has 0 radical (unpaired) electrons. The first-order valence-electron chi connectivity index (χ1n) is 13.2. The minimum atomic E-state index is -4.49. The highest BCUT2D eigenvalue weighted by molar-refractivity contribution is 7.91. The number of anilines is 1. The summed E-state index contributed by atoms with van der Waals surface area (Å²) < 4.78 is 93.2. The summed E-state index contributed by atoms with van der Waals surface area (Å²) in [6.45, 7) is -2.14. The number of aliphatic hydroxyl groups is 1. The lowest BCUT2D eigenvalue weighted by molar-refractivity contribution is -0.137. The van der Waals surface area contributed by atoms with Crippen molar-refractivity contribution in [1.29, 1.82) is 0 Å². The first-order chi connectivity index (χ1) is 20.3. The average Bonchev–Trinajstić information content (AvgIpc) is 3.43. The number of hydrogen-bond acceptors (Lipinski definition) is 8. The summed E-state index contributed by atoms with van der Waals surface area (Å²) in [5.41, 5.74) is 0.289. The molecule has 1 amide bonds. The number of aromatic nitrogens is 2. The van der Waals surface area contributed by atoms with Crippen LogP contribution >= 0.6 is 0 Å². The van der Waals surface area contributed by atoms with Crippen LogP contribution in [0.2, 0.25) is 0 Å². The fourth-order valence-corrected chi connectivity index (χ4v) is 5.71. The summed E-state index contributed by atoms with van der Waals surface area (Å²) in [6.07, 6.45) is -1.76. The Kier molecular flexibility index (Phi) is 9.97. The zero-order chi connectivity index (χ0) is 31.4. The van der Waals surface area contributed by atoms with Crippen LogP contribution in [0.1, 0.15) is 52.4 Å². The molecule has 0 saturated carbocycles. The van der Waals surface area contributed by atoms with Gasteiger partial charge in [-0.1, -0.05) is 31.2 Å². The molecule has 9 nitrogen and oxygen atoms in total. The maximum Gasteiger partial charge on any atom is 0.416 e. The number of nitrogens with one attached hydrogen (secondary N) is 1. The SMILES string of the molecule is CCS(=O)(=O)c1ccc([C@H](CO)NC(=O)c2cnc(N3CC(c4ccc(C(F)(F)F)cc4)C[C@@H]3COC(F)F)nc2)cc1. The van der Waals surface area contributed by atoms with Crippen LogP contribution in [0.3, 0.4) is 0 Å². The largest absolute Gasteiger partial charge is 0.416 e. The van der Waals surface area contributed by atoms with Crippen molar-refractivity contribution in [3.05, 3.63) is 83.2 Å². The molecule has 3 aromatic rings. The van der Waals surface area contributed by atoms with Gasteiger partial charge in [0.1, 0.15) is 0 Å². The second kappa shape index (κ2) is 13.3. The monoisotopic (exact) mass is 628 g/mol. The van der Waals surface area contributed by atoms with Gasteiger partial charge in [0.15, 0.2) is 9.84 Å². The van der Waals surface area contributed by atoms with Gasteiger partial charge in [-0.25, -0.2) is 18.4 Å². The summed E-state index contributed by atoms with van der Waals surface area (Å²) in [7, 11) is -3.42. The summed E-state index contributed by atoms with van der Waals surface area (Å²) in [5, 5.41) is 12.5. The quantitative estimate of drug-likeness (QED) is 0.301. The number of benzene rings is 2. The van der Waals surface area contributed by atoms with Gasteiger partial charge in [0.25, 0.3) is 5.91 Å². The Balaban J connectivity index is 1.47. The first-order valence-corrected chi connectivity index (χ1v) is 14.9. The molecule has 1 unspecified atom stereocenters. The summed E-state index contributed by atoms with van der Waals surface area (Å²) in [6, 6.07) is 8.93. The molecule has 15 heteroatoms. The van der Waals surface area contributed by atoms with E-state index in [2.05, 4.69) is 20.0 Å². The number of nitrogens with zero attached hydrogens (tertiary/aromatic N) is 3. The lowest BCUT2D eigenvalue weighted by Gasteiger charge is -2.24. The molecule has 0 spiro atoms. The molecule has 0 bridgehead atoms. The highest BCUT2D eigenvalue weighted by Crippen LogP contribution is 2.36. The third-order valence-electron chi connectivity index (χ3n) is 7.21. The van der Waals surface area contributed by atoms with E-state index in [9.17, 15) is 40.3 Å². The van der Waals surface area contributed by atoms with Crippen LogP contribution in [0.5, 0.6) is 0 Å². The van der Waals surface area contributed by atoms with Crippen molar-refractivity contribution in [3.8, 4) is 0 Å². The lowest BCUT2D eigenvalue weighted by Crippen LogP contribution is -2.35. The molecule has 2 N–H and O–H groups in total. The minimum absolute atomic E-state index is 0.0336. The molecule has 1 aromatic heterocycles. The maximum absolute atomic E-state index is 13.0. The number of ether oxygens (including phenoxy) is 1.